The van der Waals surface area contributed by atoms with E-state index in [0.717, 1.165) is 56.4 Å². The van der Waals surface area contributed by atoms with Crippen LogP contribution >= 0.6 is 0 Å². The van der Waals surface area contributed by atoms with Gasteiger partial charge in [0.05, 0.1) is 34.2 Å². The van der Waals surface area contributed by atoms with Crippen LogP contribution in [-0.2, 0) is 0 Å². The fraction of sp³-hybridized carbons (Fsp3) is 0.0588. The summed E-state index contributed by atoms with van der Waals surface area (Å²) in [6.07, 6.45) is 3.59. The van der Waals surface area contributed by atoms with Gasteiger partial charge in [0.2, 0.25) is 0 Å². The summed E-state index contributed by atoms with van der Waals surface area (Å²) in [6.45, 7) is 4.26. The molecule has 6 aromatic rings. The minimum absolute atomic E-state index is 0.864. The monoisotopic (exact) mass is 490 g/mol. The molecule has 2 aromatic carbocycles. The molecule has 4 aromatic heterocycles. The van der Waals surface area contributed by atoms with E-state index < -0.39 is 0 Å². The van der Waals surface area contributed by atoms with Gasteiger partial charge in [-0.15, -0.1) is 0 Å². The molecule has 0 amide bonds. The molecular weight excluding hydrogens is 464 g/mol. The van der Waals surface area contributed by atoms with Crippen molar-refractivity contribution in [2.24, 2.45) is 0 Å². The first-order valence-corrected chi connectivity index (χ1v) is 12.6. The largest absolute Gasteiger partial charge is 0.255 e. The summed E-state index contributed by atoms with van der Waals surface area (Å²) in [5.41, 5.74) is 12.1. The summed E-state index contributed by atoms with van der Waals surface area (Å²) in [4.78, 5) is 18.8. The van der Waals surface area contributed by atoms with Crippen molar-refractivity contribution in [3.05, 3.63) is 133 Å². The maximum Gasteiger partial charge on any atom is 0.0893 e. The Balaban J connectivity index is 1.40. The highest BCUT2D eigenvalue weighted by Gasteiger charge is 2.11. The predicted octanol–water partition coefficient (Wildman–Crippen LogP) is 8.22. The summed E-state index contributed by atoms with van der Waals surface area (Å²) in [6, 6.07) is 37.2. The predicted molar refractivity (Wildman–Crippen MR) is 154 cm³/mol. The smallest absolute Gasteiger partial charge is 0.0893 e. The van der Waals surface area contributed by atoms with Gasteiger partial charge in [0.25, 0.3) is 0 Å². The Morgan fingerprint density at radius 2 is 0.763 bits per heavy atom. The van der Waals surface area contributed by atoms with Gasteiger partial charge in [-0.1, -0.05) is 36.4 Å². The highest BCUT2D eigenvalue weighted by atomic mass is 14.8. The minimum Gasteiger partial charge on any atom is -0.255 e. The fourth-order valence-corrected chi connectivity index (χ4v) is 4.70. The lowest BCUT2D eigenvalue weighted by molar-refractivity contribution is 1.24. The van der Waals surface area contributed by atoms with E-state index in [4.69, 9.17) is 9.97 Å². The van der Waals surface area contributed by atoms with Crippen molar-refractivity contribution >= 4 is 0 Å². The number of hydrogen-bond donors (Lipinski definition) is 0. The Morgan fingerprint density at radius 3 is 1.18 bits per heavy atom. The molecule has 182 valence electrons. The third-order valence-corrected chi connectivity index (χ3v) is 6.43. The van der Waals surface area contributed by atoms with Crippen LogP contribution in [0, 0.1) is 13.8 Å². The molecule has 4 heterocycles. The molecule has 4 nitrogen and oxygen atoms in total. The first-order chi connectivity index (χ1) is 18.6. The van der Waals surface area contributed by atoms with Crippen LogP contribution in [0.2, 0.25) is 0 Å². The Labute approximate surface area is 222 Å². The zero-order valence-corrected chi connectivity index (χ0v) is 21.3. The van der Waals surface area contributed by atoms with Crippen LogP contribution in [0.1, 0.15) is 11.1 Å². The molecule has 0 N–H and O–H groups in total. The van der Waals surface area contributed by atoms with Crippen molar-refractivity contribution in [2.75, 3.05) is 0 Å². The van der Waals surface area contributed by atoms with Crippen molar-refractivity contribution in [1.29, 1.82) is 0 Å². The molecule has 0 aliphatic carbocycles. The van der Waals surface area contributed by atoms with Gasteiger partial charge in [-0.05, 0) is 109 Å². The van der Waals surface area contributed by atoms with Crippen molar-refractivity contribution in [2.45, 2.75) is 13.8 Å². The van der Waals surface area contributed by atoms with Gasteiger partial charge in [0.15, 0.2) is 0 Å². The molecule has 6 rings (SSSR count). The summed E-state index contributed by atoms with van der Waals surface area (Å²) >= 11 is 0. The molecule has 0 aliphatic rings. The van der Waals surface area contributed by atoms with E-state index in [9.17, 15) is 0 Å². The average Bonchev–Trinajstić information content (AvgIpc) is 2.97. The number of aromatic nitrogens is 4. The van der Waals surface area contributed by atoms with Gasteiger partial charge in [-0.25, -0.2) is 9.97 Å². The summed E-state index contributed by atoms with van der Waals surface area (Å²) in [7, 11) is 0. The summed E-state index contributed by atoms with van der Waals surface area (Å²) < 4.78 is 0. The Morgan fingerprint density at radius 1 is 0.368 bits per heavy atom. The van der Waals surface area contributed by atoms with E-state index in [1.165, 1.54) is 11.1 Å². The number of hydrogen-bond acceptors (Lipinski definition) is 4. The van der Waals surface area contributed by atoms with Crippen molar-refractivity contribution in [1.82, 2.24) is 19.9 Å². The second-order valence-corrected chi connectivity index (χ2v) is 9.42. The molecule has 0 radical (unpaired) electrons. The van der Waals surface area contributed by atoms with Crippen LogP contribution in [0.5, 0.6) is 0 Å². The lowest BCUT2D eigenvalue weighted by Crippen LogP contribution is -1.92. The zero-order chi connectivity index (χ0) is 25.9. The lowest BCUT2D eigenvalue weighted by atomic mass is 9.95. The normalized spacial score (nSPS) is 10.9. The van der Waals surface area contributed by atoms with E-state index in [0.29, 0.717) is 0 Å². The molecule has 0 bridgehead atoms. The molecule has 0 fully saturated rings. The minimum atomic E-state index is 0.864. The standard InChI is InChI=1S/C34H26N4/c1-23-17-25(21-27(19-23)29-11-7-13-33(37-29)31-9-3-5-15-35-31)26-18-24(2)20-28(22-26)30-12-8-14-34(38-30)32-10-4-6-16-36-32/h3-22H,1-2H3. The third-order valence-electron chi connectivity index (χ3n) is 6.43. The second kappa shape index (κ2) is 10.2. The maximum absolute atomic E-state index is 4.93. The molecular formula is C34H26N4. The lowest BCUT2D eigenvalue weighted by Gasteiger charge is -2.12. The summed E-state index contributed by atoms with van der Waals surface area (Å²) in [5, 5.41) is 0. The maximum atomic E-state index is 4.93. The van der Waals surface area contributed by atoms with Crippen LogP contribution in [0.3, 0.4) is 0 Å². The number of benzene rings is 2. The quantitative estimate of drug-likeness (QED) is 0.244. The Hall–Kier alpha value is -4.96. The highest BCUT2D eigenvalue weighted by molar-refractivity contribution is 5.78. The van der Waals surface area contributed by atoms with Crippen molar-refractivity contribution in [3.63, 3.8) is 0 Å². The topological polar surface area (TPSA) is 51.6 Å². The van der Waals surface area contributed by atoms with Crippen LogP contribution in [-0.4, -0.2) is 19.9 Å². The zero-order valence-electron chi connectivity index (χ0n) is 21.3. The second-order valence-electron chi connectivity index (χ2n) is 9.42. The van der Waals surface area contributed by atoms with E-state index in [-0.39, 0.29) is 0 Å². The number of nitrogens with zero attached hydrogens (tertiary/aromatic N) is 4. The first-order valence-electron chi connectivity index (χ1n) is 12.6. The van der Waals surface area contributed by atoms with Crippen molar-refractivity contribution < 1.29 is 0 Å². The van der Waals surface area contributed by atoms with Crippen LogP contribution in [0.15, 0.2) is 122 Å². The molecule has 0 saturated carbocycles. The molecule has 38 heavy (non-hydrogen) atoms. The number of pyridine rings is 4. The van der Waals surface area contributed by atoms with E-state index in [2.05, 4.69) is 72.3 Å². The van der Waals surface area contributed by atoms with Gasteiger partial charge in [-0.2, -0.15) is 0 Å². The van der Waals surface area contributed by atoms with Gasteiger partial charge in [0, 0.05) is 23.5 Å². The molecule has 0 aliphatic heterocycles. The van der Waals surface area contributed by atoms with Gasteiger partial charge in [0.1, 0.15) is 0 Å². The molecule has 0 atom stereocenters. The molecule has 0 saturated heterocycles. The van der Waals surface area contributed by atoms with Gasteiger partial charge >= 0.3 is 0 Å². The van der Waals surface area contributed by atoms with Crippen LogP contribution < -0.4 is 0 Å². The van der Waals surface area contributed by atoms with Gasteiger partial charge < -0.3 is 0 Å². The number of rotatable bonds is 5. The highest BCUT2D eigenvalue weighted by Crippen LogP contribution is 2.32. The third kappa shape index (κ3) is 4.97. The van der Waals surface area contributed by atoms with Gasteiger partial charge in [-0.3, -0.25) is 9.97 Å². The van der Waals surface area contributed by atoms with E-state index in [1.54, 1.807) is 12.4 Å². The molecule has 4 heteroatoms. The fourth-order valence-electron chi connectivity index (χ4n) is 4.70. The molecule has 0 unspecified atom stereocenters. The Kier molecular flexibility index (Phi) is 6.29. The van der Waals surface area contributed by atoms with E-state index >= 15 is 0 Å². The average molecular weight is 491 g/mol. The SMILES string of the molecule is Cc1cc(-c2cc(C)cc(-c3cccc(-c4ccccn4)n3)c2)cc(-c2cccc(-c3ccccn3)n2)c1. The molecule has 0 spiro atoms. The first kappa shape index (κ1) is 23.4. The van der Waals surface area contributed by atoms with Crippen LogP contribution in [0.25, 0.3) is 56.4 Å². The van der Waals surface area contributed by atoms with E-state index in [1.807, 2.05) is 60.7 Å². The van der Waals surface area contributed by atoms with Crippen LogP contribution in [0.4, 0.5) is 0 Å². The summed E-state index contributed by atoms with van der Waals surface area (Å²) in [5.74, 6) is 0. The number of aryl methyl sites for hydroxylation is 2. The van der Waals surface area contributed by atoms with Crippen molar-refractivity contribution in [3.8, 4) is 56.4 Å². The Bertz CT molecular complexity index is 1600.